The summed E-state index contributed by atoms with van der Waals surface area (Å²) in [6.07, 6.45) is 1.85. The highest BCUT2D eigenvalue weighted by Crippen LogP contribution is 2.16. The van der Waals surface area contributed by atoms with Crippen molar-refractivity contribution in [2.24, 2.45) is 12.0 Å². The number of aliphatic imine (C=N–C) groups is 1. The molecule has 0 saturated carbocycles. The Labute approximate surface area is 153 Å². The predicted octanol–water partition coefficient (Wildman–Crippen LogP) is 2.29. The second-order valence-electron chi connectivity index (χ2n) is 6.16. The average Bonchev–Trinajstić information content (AvgIpc) is 3.22. The molecule has 0 saturated heterocycles. The fourth-order valence-corrected chi connectivity index (χ4v) is 2.85. The highest BCUT2D eigenvalue weighted by molar-refractivity contribution is 5.79. The van der Waals surface area contributed by atoms with E-state index in [9.17, 15) is 0 Å². The normalized spacial score (nSPS) is 11.6. The lowest BCUT2D eigenvalue weighted by Gasteiger charge is -2.11. The van der Waals surface area contributed by atoms with E-state index >= 15 is 0 Å². The lowest BCUT2D eigenvalue weighted by atomic mass is 10.2. The topological polar surface area (TPSA) is 82.9 Å². The van der Waals surface area contributed by atoms with Gasteiger partial charge < -0.3 is 15.6 Å². The van der Waals surface area contributed by atoms with E-state index in [-0.39, 0.29) is 0 Å². The average molecular weight is 351 g/mol. The Morgan fingerprint density at radius 1 is 1.15 bits per heavy atom. The fourth-order valence-electron chi connectivity index (χ4n) is 2.85. The second kappa shape index (κ2) is 7.86. The summed E-state index contributed by atoms with van der Waals surface area (Å²) in [6.45, 7) is 5.34. The molecule has 3 aromatic rings. The first kappa shape index (κ1) is 17.7. The maximum Gasteiger partial charge on any atom is 0.191 e. The number of H-pyrrole nitrogens is 1. The summed E-state index contributed by atoms with van der Waals surface area (Å²) < 4.78 is 1.90. The van der Waals surface area contributed by atoms with E-state index in [0.717, 1.165) is 34.4 Å². The van der Waals surface area contributed by atoms with Gasteiger partial charge in [0.05, 0.1) is 24.1 Å². The third kappa shape index (κ3) is 3.93. The Hall–Kier alpha value is -3.09. The van der Waals surface area contributed by atoms with Crippen molar-refractivity contribution in [3.8, 4) is 11.3 Å². The summed E-state index contributed by atoms with van der Waals surface area (Å²) in [5, 5.41) is 11.1. The van der Waals surface area contributed by atoms with Gasteiger partial charge in [0.25, 0.3) is 0 Å². The first-order valence-electron chi connectivity index (χ1n) is 8.61. The van der Waals surface area contributed by atoms with Gasteiger partial charge in [0, 0.05) is 31.9 Å². The maximum atomic E-state index is 4.44. The Bertz CT molecular complexity index is 890. The smallest absolute Gasteiger partial charge is 0.191 e. The molecule has 2 heterocycles. The molecule has 1 aromatic carbocycles. The van der Waals surface area contributed by atoms with Crippen LogP contribution in [-0.2, 0) is 20.1 Å². The molecule has 0 fully saturated rings. The Kier molecular flexibility index (Phi) is 5.36. The van der Waals surface area contributed by atoms with Gasteiger partial charge in [-0.15, -0.1) is 0 Å². The number of guanidine groups is 1. The van der Waals surface area contributed by atoms with E-state index in [0.29, 0.717) is 13.1 Å². The van der Waals surface area contributed by atoms with Crippen LogP contribution in [0.15, 0.2) is 41.5 Å². The highest BCUT2D eigenvalue weighted by atomic mass is 15.3. The van der Waals surface area contributed by atoms with Crippen LogP contribution in [0.2, 0.25) is 0 Å². The van der Waals surface area contributed by atoms with Gasteiger partial charge in [-0.1, -0.05) is 30.3 Å². The van der Waals surface area contributed by atoms with Crippen molar-refractivity contribution < 1.29 is 0 Å². The molecule has 26 heavy (non-hydrogen) atoms. The minimum atomic E-state index is 0.567. The second-order valence-corrected chi connectivity index (χ2v) is 6.16. The number of hydrogen-bond donors (Lipinski definition) is 3. The molecule has 0 spiro atoms. The van der Waals surface area contributed by atoms with E-state index in [1.165, 1.54) is 5.56 Å². The van der Waals surface area contributed by atoms with Crippen LogP contribution in [0.1, 0.15) is 22.8 Å². The van der Waals surface area contributed by atoms with E-state index in [2.05, 4.69) is 49.7 Å². The molecule has 0 aliphatic carbocycles. The van der Waals surface area contributed by atoms with Crippen molar-refractivity contribution in [1.29, 1.82) is 0 Å². The molecule has 136 valence electrons. The number of aromatic nitrogens is 4. The van der Waals surface area contributed by atoms with Gasteiger partial charge in [-0.3, -0.25) is 9.67 Å². The first-order valence-corrected chi connectivity index (χ1v) is 8.61. The van der Waals surface area contributed by atoms with Gasteiger partial charge in [-0.05, 0) is 19.4 Å². The van der Waals surface area contributed by atoms with Gasteiger partial charge in [-0.25, -0.2) is 4.98 Å². The van der Waals surface area contributed by atoms with Crippen LogP contribution in [0.5, 0.6) is 0 Å². The van der Waals surface area contributed by atoms with E-state index in [1.54, 1.807) is 7.05 Å². The molecule has 3 rings (SSSR count). The molecule has 0 unspecified atom stereocenters. The molecule has 0 aliphatic heterocycles. The van der Waals surface area contributed by atoms with Crippen LogP contribution in [0, 0.1) is 13.8 Å². The molecule has 0 bridgehead atoms. The number of rotatable bonds is 5. The van der Waals surface area contributed by atoms with Gasteiger partial charge in [0.15, 0.2) is 5.96 Å². The Morgan fingerprint density at radius 3 is 2.54 bits per heavy atom. The predicted molar refractivity (Wildman–Crippen MR) is 104 cm³/mol. The van der Waals surface area contributed by atoms with Crippen molar-refractivity contribution in [3.63, 3.8) is 0 Å². The molecule has 0 amide bonds. The lowest BCUT2D eigenvalue weighted by molar-refractivity contribution is 0.728. The summed E-state index contributed by atoms with van der Waals surface area (Å²) in [4.78, 5) is 12.0. The van der Waals surface area contributed by atoms with Crippen molar-refractivity contribution in [2.75, 3.05) is 7.05 Å². The van der Waals surface area contributed by atoms with Crippen LogP contribution in [0.25, 0.3) is 11.3 Å². The minimum Gasteiger partial charge on any atom is -0.352 e. The fraction of sp³-hybridized carbons (Fsp3) is 0.316. The maximum absolute atomic E-state index is 4.44. The lowest BCUT2D eigenvalue weighted by Crippen LogP contribution is -2.36. The first-order chi connectivity index (χ1) is 12.6. The van der Waals surface area contributed by atoms with Crippen LogP contribution < -0.4 is 10.6 Å². The van der Waals surface area contributed by atoms with Crippen LogP contribution >= 0.6 is 0 Å². The number of nitrogens with zero attached hydrogens (tertiary/aromatic N) is 4. The van der Waals surface area contributed by atoms with E-state index in [4.69, 9.17) is 0 Å². The quantitative estimate of drug-likeness (QED) is 0.486. The number of benzene rings is 1. The van der Waals surface area contributed by atoms with Gasteiger partial charge >= 0.3 is 0 Å². The molecule has 7 heteroatoms. The number of hydrogen-bond acceptors (Lipinski definition) is 3. The largest absolute Gasteiger partial charge is 0.352 e. The summed E-state index contributed by atoms with van der Waals surface area (Å²) in [5.74, 6) is 1.59. The van der Waals surface area contributed by atoms with Crippen LogP contribution in [-0.4, -0.2) is 32.8 Å². The molecule has 3 N–H and O–H groups in total. The van der Waals surface area contributed by atoms with Gasteiger partial charge in [-0.2, -0.15) is 5.10 Å². The Balaban J connectivity index is 1.57. The van der Waals surface area contributed by atoms with Crippen molar-refractivity contribution in [2.45, 2.75) is 26.9 Å². The van der Waals surface area contributed by atoms with Crippen molar-refractivity contribution in [3.05, 3.63) is 59.3 Å². The molecule has 7 nitrogen and oxygen atoms in total. The van der Waals surface area contributed by atoms with Crippen LogP contribution in [0.4, 0.5) is 0 Å². The van der Waals surface area contributed by atoms with E-state index in [1.807, 2.05) is 43.0 Å². The highest BCUT2D eigenvalue weighted by Gasteiger charge is 2.10. The summed E-state index contributed by atoms with van der Waals surface area (Å²) >= 11 is 0. The van der Waals surface area contributed by atoms with Gasteiger partial charge in [0.1, 0.15) is 5.82 Å². The minimum absolute atomic E-state index is 0.567. The number of nitrogens with one attached hydrogen (secondary N) is 3. The molecule has 2 aromatic heterocycles. The summed E-state index contributed by atoms with van der Waals surface area (Å²) in [6, 6.07) is 10.2. The molecule has 0 atom stereocenters. The number of aromatic amines is 1. The zero-order valence-corrected chi connectivity index (χ0v) is 15.7. The summed E-state index contributed by atoms with van der Waals surface area (Å²) in [5.41, 5.74) is 5.51. The SMILES string of the molecule is CN=C(NCc1ncc(-c2ccccc2)[nH]1)NCc1c(C)nn(C)c1C. The molecule has 0 aliphatic rings. The molecular formula is C19H25N7. The van der Waals surface area contributed by atoms with Crippen molar-refractivity contribution >= 4 is 5.96 Å². The van der Waals surface area contributed by atoms with Crippen molar-refractivity contribution in [1.82, 2.24) is 30.4 Å². The third-order valence-electron chi connectivity index (χ3n) is 4.45. The van der Waals surface area contributed by atoms with Gasteiger partial charge in [0.2, 0.25) is 0 Å². The zero-order chi connectivity index (χ0) is 18.5. The summed E-state index contributed by atoms with van der Waals surface area (Å²) in [7, 11) is 3.72. The van der Waals surface area contributed by atoms with Crippen LogP contribution in [0.3, 0.4) is 0 Å². The number of aryl methyl sites for hydroxylation is 2. The monoisotopic (exact) mass is 351 g/mol. The third-order valence-corrected chi connectivity index (χ3v) is 4.45. The van der Waals surface area contributed by atoms with E-state index < -0.39 is 0 Å². The number of imidazole rings is 1. The molecular weight excluding hydrogens is 326 g/mol. The standard InChI is InChI=1S/C19H25N7/c1-13-16(14(2)26(4)25-13)10-22-19(20-3)23-12-18-21-11-17(24-18)15-8-6-5-7-9-15/h5-9,11H,10,12H2,1-4H3,(H,21,24)(H2,20,22,23). The molecule has 0 radical (unpaired) electrons. The Morgan fingerprint density at radius 2 is 1.88 bits per heavy atom. The zero-order valence-electron chi connectivity index (χ0n) is 15.7.